The molecule has 6 rings (SSSR count). The van der Waals surface area contributed by atoms with Crippen LogP contribution in [0.3, 0.4) is 0 Å². The molecule has 0 atom stereocenters. The van der Waals surface area contributed by atoms with E-state index in [1.807, 2.05) is 30.3 Å². The third-order valence-corrected chi connectivity index (χ3v) is 5.03. The fraction of sp³-hybridized carbons (Fsp3) is 0. The topological polar surface area (TPSA) is 41.8 Å². The highest BCUT2D eigenvalue weighted by Crippen LogP contribution is 2.41. The Hall–Kier alpha value is -3.59. The first-order valence-electron chi connectivity index (χ1n) is 8.67. The first-order valence-corrected chi connectivity index (χ1v) is 8.67. The SMILES string of the molecule is c1ccc(-c2[nH]c3ccccc3c3c2oc2nc4ccccc4c23)cc1. The number of hydrogen-bond donors (Lipinski definition) is 1. The molecule has 0 saturated carbocycles. The largest absolute Gasteiger partial charge is 0.435 e. The van der Waals surface area contributed by atoms with E-state index in [2.05, 4.69) is 53.5 Å². The monoisotopic (exact) mass is 334 g/mol. The average Bonchev–Trinajstić information content (AvgIpc) is 3.24. The lowest BCUT2D eigenvalue weighted by Crippen LogP contribution is -1.87. The summed E-state index contributed by atoms with van der Waals surface area (Å²) in [6.07, 6.45) is 0. The number of pyridine rings is 1. The predicted molar refractivity (Wildman–Crippen MR) is 106 cm³/mol. The molecule has 122 valence electrons. The highest BCUT2D eigenvalue weighted by atomic mass is 16.3. The second-order valence-corrected chi connectivity index (χ2v) is 6.53. The molecule has 3 aromatic carbocycles. The molecule has 0 aliphatic carbocycles. The number of nitrogens with zero attached hydrogens (tertiary/aromatic N) is 1. The average molecular weight is 334 g/mol. The Balaban J connectivity index is 1.90. The van der Waals surface area contributed by atoms with Gasteiger partial charge in [0.25, 0.3) is 0 Å². The summed E-state index contributed by atoms with van der Waals surface area (Å²) < 4.78 is 6.29. The van der Waals surface area contributed by atoms with Gasteiger partial charge in [-0.25, -0.2) is 4.98 Å². The second kappa shape index (κ2) is 4.96. The Morgan fingerprint density at radius 1 is 0.692 bits per heavy atom. The van der Waals surface area contributed by atoms with Gasteiger partial charge in [0.15, 0.2) is 5.58 Å². The lowest BCUT2D eigenvalue weighted by atomic mass is 10.0. The summed E-state index contributed by atoms with van der Waals surface area (Å²) in [5.41, 5.74) is 5.71. The van der Waals surface area contributed by atoms with Crippen molar-refractivity contribution in [1.82, 2.24) is 9.97 Å². The number of nitrogens with one attached hydrogen (secondary N) is 1. The zero-order valence-corrected chi connectivity index (χ0v) is 13.9. The summed E-state index contributed by atoms with van der Waals surface area (Å²) in [6, 6.07) is 26.9. The van der Waals surface area contributed by atoms with Crippen molar-refractivity contribution < 1.29 is 4.42 Å². The van der Waals surface area contributed by atoms with Gasteiger partial charge in [-0.05, 0) is 12.1 Å². The first kappa shape index (κ1) is 13.7. The molecule has 0 amide bonds. The number of hydrogen-bond acceptors (Lipinski definition) is 2. The summed E-state index contributed by atoms with van der Waals surface area (Å²) >= 11 is 0. The van der Waals surface area contributed by atoms with Crippen LogP contribution in [0.15, 0.2) is 83.3 Å². The molecule has 0 unspecified atom stereocenters. The standard InChI is InChI=1S/C23H14N2O/c1-2-8-14(9-3-1)21-22-19(15-10-4-6-12-17(15)24-21)20-16-11-5-7-13-18(16)25-23(20)26-22/h1-13,24H. The van der Waals surface area contributed by atoms with Crippen LogP contribution in [0.4, 0.5) is 0 Å². The van der Waals surface area contributed by atoms with Crippen molar-refractivity contribution >= 4 is 43.9 Å². The molecule has 3 heteroatoms. The molecule has 3 heterocycles. The summed E-state index contributed by atoms with van der Waals surface area (Å²) in [6.45, 7) is 0. The van der Waals surface area contributed by atoms with E-state index in [9.17, 15) is 0 Å². The van der Waals surface area contributed by atoms with Gasteiger partial charge in [-0.3, -0.25) is 0 Å². The van der Waals surface area contributed by atoms with Crippen LogP contribution in [0.5, 0.6) is 0 Å². The highest BCUT2D eigenvalue weighted by Gasteiger charge is 2.20. The van der Waals surface area contributed by atoms with Crippen LogP contribution in [-0.4, -0.2) is 9.97 Å². The summed E-state index contributed by atoms with van der Waals surface area (Å²) in [7, 11) is 0. The van der Waals surface area contributed by atoms with Gasteiger partial charge < -0.3 is 9.40 Å². The molecule has 26 heavy (non-hydrogen) atoms. The summed E-state index contributed by atoms with van der Waals surface area (Å²) in [5, 5.41) is 4.51. The number of para-hydroxylation sites is 2. The van der Waals surface area contributed by atoms with Crippen molar-refractivity contribution in [2.45, 2.75) is 0 Å². The van der Waals surface area contributed by atoms with Crippen LogP contribution >= 0.6 is 0 Å². The van der Waals surface area contributed by atoms with E-state index in [-0.39, 0.29) is 0 Å². The quantitative estimate of drug-likeness (QED) is 0.384. The van der Waals surface area contributed by atoms with Gasteiger partial charge in [0, 0.05) is 27.2 Å². The van der Waals surface area contributed by atoms with Gasteiger partial charge >= 0.3 is 0 Å². The molecule has 6 aromatic rings. The highest BCUT2D eigenvalue weighted by molar-refractivity contribution is 6.27. The maximum Gasteiger partial charge on any atom is 0.228 e. The van der Waals surface area contributed by atoms with Crippen LogP contribution in [0.2, 0.25) is 0 Å². The number of H-pyrrole nitrogens is 1. The van der Waals surface area contributed by atoms with E-state index in [0.29, 0.717) is 5.71 Å². The predicted octanol–water partition coefficient (Wildman–Crippen LogP) is 6.28. The summed E-state index contributed by atoms with van der Waals surface area (Å²) in [4.78, 5) is 8.28. The Labute approximate surface area is 148 Å². The number of benzene rings is 3. The first-order chi connectivity index (χ1) is 12.9. The number of furan rings is 1. The van der Waals surface area contributed by atoms with Gasteiger partial charge in [-0.15, -0.1) is 0 Å². The van der Waals surface area contributed by atoms with Crippen molar-refractivity contribution in [2.24, 2.45) is 0 Å². The second-order valence-electron chi connectivity index (χ2n) is 6.53. The molecular formula is C23H14N2O. The number of aromatic nitrogens is 2. The zero-order chi connectivity index (χ0) is 17.1. The Morgan fingerprint density at radius 2 is 1.42 bits per heavy atom. The van der Waals surface area contributed by atoms with Crippen molar-refractivity contribution in [2.75, 3.05) is 0 Å². The minimum atomic E-state index is 0.697. The smallest absolute Gasteiger partial charge is 0.228 e. The van der Waals surface area contributed by atoms with Crippen LogP contribution < -0.4 is 0 Å². The van der Waals surface area contributed by atoms with Crippen LogP contribution in [0.25, 0.3) is 55.1 Å². The molecule has 0 bridgehead atoms. The van der Waals surface area contributed by atoms with Crippen molar-refractivity contribution in [3.63, 3.8) is 0 Å². The molecule has 1 N–H and O–H groups in total. The molecule has 0 saturated heterocycles. The molecule has 3 nitrogen and oxygen atoms in total. The molecular weight excluding hydrogens is 320 g/mol. The van der Waals surface area contributed by atoms with Crippen LogP contribution in [0.1, 0.15) is 0 Å². The number of aromatic amines is 1. The molecule has 0 radical (unpaired) electrons. The minimum absolute atomic E-state index is 0.697. The van der Waals surface area contributed by atoms with Gasteiger partial charge in [0.05, 0.1) is 16.6 Å². The lowest BCUT2D eigenvalue weighted by molar-refractivity contribution is 0.657. The van der Waals surface area contributed by atoms with Crippen LogP contribution in [0, 0.1) is 0 Å². The van der Waals surface area contributed by atoms with E-state index < -0.39 is 0 Å². The lowest BCUT2D eigenvalue weighted by Gasteiger charge is -2.07. The number of rotatable bonds is 1. The van der Waals surface area contributed by atoms with Crippen molar-refractivity contribution in [1.29, 1.82) is 0 Å². The van der Waals surface area contributed by atoms with Crippen molar-refractivity contribution in [3.05, 3.63) is 78.9 Å². The van der Waals surface area contributed by atoms with Gasteiger partial charge in [0.2, 0.25) is 5.71 Å². The van der Waals surface area contributed by atoms with Gasteiger partial charge in [-0.1, -0.05) is 66.7 Å². The fourth-order valence-corrected chi connectivity index (χ4v) is 3.88. The normalized spacial score (nSPS) is 11.8. The van der Waals surface area contributed by atoms with Crippen LogP contribution in [-0.2, 0) is 0 Å². The summed E-state index contributed by atoms with van der Waals surface area (Å²) in [5.74, 6) is 0. The van der Waals surface area contributed by atoms with E-state index in [4.69, 9.17) is 9.40 Å². The maximum atomic E-state index is 6.29. The maximum absolute atomic E-state index is 6.29. The molecule has 0 aliphatic heterocycles. The van der Waals surface area contributed by atoms with Gasteiger partial charge in [0.1, 0.15) is 0 Å². The minimum Gasteiger partial charge on any atom is -0.435 e. The molecule has 0 aliphatic rings. The molecule has 0 fully saturated rings. The van der Waals surface area contributed by atoms with Crippen molar-refractivity contribution in [3.8, 4) is 11.3 Å². The fourth-order valence-electron chi connectivity index (χ4n) is 3.88. The van der Waals surface area contributed by atoms with E-state index in [1.54, 1.807) is 0 Å². The third-order valence-electron chi connectivity index (χ3n) is 5.03. The molecule has 3 aromatic heterocycles. The van der Waals surface area contributed by atoms with E-state index in [1.165, 1.54) is 0 Å². The van der Waals surface area contributed by atoms with E-state index >= 15 is 0 Å². The Bertz CT molecular complexity index is 1420. The Morgan fingerprint density at radius 3 is 2.31 bits per heavy atom. The van der Waals surface area contributed by atoms with E-state index in [0.717, 1.165) is 49.4 Å². The molecule has 0 spiro atoms. The zero-order valence-electron chi connectivity index (χ0n) is 13.9. The Kier molecular flexibility index (Phi) is 2.61. The number of fused-ring (bicyclic) bond motifs is 7. The van der Waals surface area contributed by atoms with Gasteiger partial charge in [-0.2, -0.15) is 0 Å². The third kappa shape index (κ3) is 1.74.